The van der Waals surface area contributed by atoms with Gasteiger partial charge >= 0.3 is 5.97 Å². The van der Waals surface area contributed by atoms with Crippen molar-refractivity contribution in [3.8, 4) is 17.2 Å². The van der Waals surface area contributed by atoms with E-state index in [2.05, 4.69) is 0 Å². The molecular formula is C18H16O4. The van der Waals surface area contributed by atoms with Gasteiger partial charge in [-0.25, -0.2) is 4.79 Å². The largest absolute Gasteiger partial charge is 0.496 e. The van der Waals surface area contributed by atoms with Gasteiger partial charge in [-0.15, -0.1) is 0 Å². The molecule has 0 spiro atoms. The van der Waals surface area contributed by atoms with Crippen molar-refractivity contribution in [1.29, 1.82) is 0 Å². The summed E-state index contributed by atoms with van der Waals surface area (Å²) >= 11 is 0. The van der Waals surface area contributed by atoms with Gasteiger partial charge in [-0.2, -0.15) is 0 Å². The molecule has 0 aliphatic carbocycles. The van der Waals surface area contributed by atoms with Crippen molar-refractivity contribution in [2.45, 2.75) is 6.42 Å². The lowest BCUT2D eigenvalue weighted by Gasteiger charge is -2.21. The van der Waals surface area contributed by atoms with Gasteiger partial charge in [0.25, 0.3) is 0 Å². The van der Waals surface area contributed by atoms with Crippen molar-refractivity contribution in [3.63, 3.8) is 0 Å². The number of hydrogen-bond acceptors (Lipinski definition) is 4. The number of hydrogen-bond donors (Lipinski definition) is 0. The van der Waals surface area contributed by atoms with Gasteiger partial charge in [-0.05, 0) is 11.6 Å². The van der Waals surface area contributed by atoms with Crippen LogP contribution in [-0.2, 0) is 11.2 Å². The van der Waals surface area contributed by atoms with Crippen LogP contribution in [0.3, 0.4) is 0 Å². The monoisotopic (exact) mass is 296 g/mol. The number of methoxy groups -OCH3 is 2. The zero-order chi connectivity index (χ0) is 15.5. The molecule has 0 bridgehead atoms. The van der Waals surface area contributed by atoms with Gasteiger partial charge in [0, 0.05) is 29.7 Å². The first-order valence-corrected chi connectivity index (χ1v) is 6.94. The molecule has 112 valence electrons. The molecule has 0 amide bonds. The molecule has 0 saturated heterocycles. The second-order valence-electron chi connectivity index (χ2n) is 4.95. The molecule has 1 aliphatic heterocycles. The fourth-order valence-corrected chi connectivity index (χ4v) is 2.45. The summed E-state index contributed by atoms with van der Waals surface area (Å²) in [6.45, 7) is 0. The third-order valence-electron chi connectivity index (χ3n) is 3.57. The van der Waals surface area contributed by atoms with E-state index < -0.39 is 0 Å². The molecule has 4 heteroatoms. The van der Waals surface area contributed by atoms with Crippen molar-refractivity contribution < 1.29 is 19.0 Å². The van der Waals surface area contributed by atoms with Crippen LogP contribution in [0.4, 0.5) is 0 Å². The Morgan fingerprint density at radius 3 is 2.55 bits per heavy atom. The lowest BCUT2D eigenvalue weighted by Crippen LogP contribution is -2.20. The van der Waals surface area contributed by atoms with E-state index in [0.29, 0.717) is 29.2 Å². The maximum Gasteiger partial charge on any atom is 0.339 e. The highest BCUT2D eigenvalue weighted by Gasteiger charge is 2.26. The average molecular weight is 296 g/mol. The fraction of sp³-hybridized carbons (Fsp3) is 0.167. The number of rotatable bonds is 3. The zero-order valence-corrected chi connectivity index (χ0v) is 12.5. The summed E-state index contributed by atoms with van der Waals surface area (Å²) in [5.41, 5.74) is 2.41. The molecule has 0 unspecified atom stereocenters. The first kappa shape index (κ1) is 14.2. The lowest BCUT2D eigenvalue weighted by molar-refractivity contribution is -0.130. The molecule has 0 saturated carbocycles. The van der Waals surface area contributed by atoms with Gasteiger partial charge in [0.2, 0.25) is 0 Å². The molecule has 22 heavy (non-hydrogen) atoms. The normalized spacial score (nSPS) is 15.2. The molecule has 3 rings (SSSR count). The molecule has 2 aromatic carbocycles. The number of carbonyl (C=O) groups excluding carboxylic acids is 1. The summed E-state index contributed by atoms with van der Waals surface area (Å²) in [6, 6.07) is 13.2. The minimum Gasteiger partial charge on any atom is -0.496 e. The number of fused-ring (bicyclic) bond motifs is 1. The van der Waals surface area contributed by atoms with E-state index in [4.69, 9.17) is 14.2 Å². The predicted octanol–water partition coefficient (Wildman–Crippen LogP) is 3.25. The molecule has 0 fully saturated rings. The van der Waals surface area contributed by atoms with E-state index in [9.17, 15) is 4.79 Å². The second-order valence-corrected chi connectivity index (χ2v) is 4.95. The lowest BCUT2D eigenvalue weighted by atomic mass is 9.98. The van der Waals surface area contributed by atoms with Crippen LogP contribution in [0.1, 0.15) is 11.1 Å². The quantitative estimate of drug-likeness (QED) is 0.495. The Morgan fingerprint density at radius 2 is 1.86 bits per heavy atom. The molecule has 2 aromatic rings. The van der Waals surface area contributed by atoms with E-state index in [1.807, 2.05) is 36.4 Å². The molecule has 0 radical (unpaired) electrons. The van der Waals surface area contributed by atoms with E-state index in [0.717, 1.165) is 11.1 Å². The standard InChI is InChI=1S/C18H16O4/c1-20-14-10-16(21-2)15-9-13(18(19)22-17(15)11-14)8-12-6-4-3-5-7-12/h3-8,10-11H,9H2,1-2H3. The molecule has 0 aromatic heterocycles. The summed E-state index contributed by atoms with van der Waals surface area (Å²) in [4.78, 5) is 12.2. The molecule has 1 aliphatic rings. The van der Waals surface area contributed by atoms with Crippen molar-refractivity contribution in [1.82, 2.24) is 0 Å². The maximum atomic E-state index is 12.2. The van der Waals surface area contributed by atoms with Crippen LogP contribution in [0, 0.1) is 0 Å². The highest BCUT2D eigenvalue weighted by molar-refractivity contribution is 5.97. The third-order valence-corrected chi connectivity index (χ3v) is 3.57. The Labute approximate surface area is 128 Å². The molecule has 0 N–H and O–H groups in total. The summed E-state index contributed by atoms with van der Waals surface area (Å²) in [6.07, 6.45) is 2.31. The summed E-state index contributed by atoms with van der Waals surface area (Å²) < 4.78 is 16.0. The number of benzene rings is 2. The Morgan fingerprint density at radius 1 is 1.09 bits per heavy atom. The van der Waals surface area contributed by atoms with Gasteiger partial charge in [0.05, 0.1) is 14.2 Å². The second kappa shape index (κ2) is 5.93. The number of ether oxygens (including phenoxy) is 3. The first-order chi connectivity index (χ1) is 10.7. The minimum absolute atomic E-state index is 0.341. The van der Waals surface area contributed by atoms with Crippen molar-refractivity contribution in [2.24, 2.45) is 0 Å². The van der Waals surface area contributed by atoms with Gasteiger partial charge in [0.15, 0.2) is 0 Å². The molecule has 1 heterocycles. The van der Waals surface area contributed by atoms with Gasteiger partial charge in [-0.3, -0.25) is 0 Å². The van der Waals surface area contributed by atoms with Crippen molar-refractivity contribution in [2.75, 3.05) is 14.2 Å². The molecule has 4 nitrogen and oxygen atoms in total. The molecular weight excluding hydrogens is 280 g/mol. The van der Waals surface area contributed by atoms with Crippen LogP contribution in [0.2, 0.25) is 0 Å². The van der Waals surface area contributed by atoms with E-state index in [-0.39, 0.29) is 5.97 Å². The smallest absolute Gasteiger partial charge is 0.339 e. The average Bonchev–Trinajstić information content (AvgIpc) is 2.55. The zero-order valence-electron chi connectivity index (χ0n) is 12.5. The van der Waals surface area contributed by atoms with E-state index in [1.54, 1.807) is 26.4 Å². The van der Waals surface area contributed by atoms with E-state index in [1.165, 1.54) is 0 Å². The fourth-order valence-electron chi connectivity index (χ4n) is 2.45. The Balaban J connectivity index is 2.01. The minimum atomic E-state index is -0.341. The van der Waals surface area contributed by atoms with Crippen LogP contribution in [0.25, 0.3) is 6.08 Å². The van der Waals surface area contributed by atoms with Crippen molar-refractivity contribution >= 4 is 12.0 Å². The van der Waals surface area contributed by atoms with Crippen LogP contribution in [0.5, 0.6) is 17.2 Å². The number of esters is 1. The highest BCUT2D eigenvalue weighted by atomic mass is 16.5. The van der Waals surface area contributed by atoms with Crippen molar-refractivity contribution in [3.05, 3.63) is 59.2 Å². The first-order valence-electron chi connectivity index (χ1n) is 6.94. The van der Waals surface area contributed by atoms with Crippen LogP contribution < -0.4 is 14.2 Å². The Kier molecular flexibility index (Phi) is 3.83. The highest BCUT2D eigenvalue weighted by Crippen LogP contribution is 2.39. The van der Waals surface area contributed by atoms with Crippen LogP contribution in [0.15, 0.2) is 48.0 Å². The summed E-state index contributed by atoms with van der Waals surface area (Å²) in [5, 5.41) is 0. The SMILES string of the molecule is COc1cc(OC)c2c(c1)OC(=O)C(=Cc1ccccc1)C2. The van der Waals surface area contributed by atoms with Crippen LogP contribution >= 0.6 is 0 Å². The maximum absolute atomic E-state index is 12.2. The summed E-state index contributed by atoms with van der Waals surface area (Å²) in [7, 11) is 3.15. The topological polar surface area (TPSA) is 44.8 Å². The van der Waals surface area contributed by atoms with Gasteiger partial charge in [-0.1, -0.05) is 30.3 Å². The Bertz CT molecular complexity index is 732. The number of carbonyl (C=O) groups is 1. The third kappa shape index (κ3) is 2.68. The predicted molar refractivity (Wildman–Crippen MR) is 83.3 cm³/mol. The van der Waals surface area contributed by atoms with Gasteiger partial charge < -0.3 is 14.2 Å². The molecule has 0 atom stereocenters. The Hall–Kier alpha value is -2.75. The van der Waals surface area contributed by atoms with E-state index >= 15 is 0 Å². The van der Waals surface area contributed by atoms with Crippen LogP contribution in [-0.4, -0.2) is 20.2 Å². The summed E-state index contributed by atoms with van der Waals surface area (Å²) in [5.74, 6) is 1.40. The van der Waals surface area contributed by atoms with Gasteiger partial charge in [0.1, 0.15) is 17.2 Å².